The SMILES string of the molecule is CC[C@H](C)Oc1ccc(/C=C2/SC(=O)N(C(C)C)C2=O)cc1. The Bertz CT molecular complexity index is 592. The molecule has 0 aromatic heterocycles. The summed E-state index contributed by atoms with van der Waals surface area (Å²) in [4.78, 5) is 25.8. The number of carbonyl (C=O) groups is 2. The highest BCUT2D eigenvalue weighted by Crippen LogP contribution is 2.33. The van der Waals surface area contributed by atoms with Crippen LogP contribution in [0.5, 0.6) is 5.75 Å². The van der Waals surface area contributed by atoms with Crippen molar-refractivity contribution in [3.8, 4) is 5.75 Å². The molecule has 1 saturated heterocycles. The fourth-order valence-corrected chi connectivity index (χ4v) is 3.00. The number of ether oxygens (including phenoxy) is 1. The second-order valence-electron chi connectivity index (χ2n) is 5.55. The van der Waals surface area contributed by atoms with Crippen LogP contribution < -0.4 is 4.74 Å². The molecule has 0 N–H and O–H groups in total. The van der Waals surface area contributed by atoms with Crippen molar-refractivity contribution in [2.24, 2.45) is 0 Å². The lowest BCUT2D eigenvalue weighted by Crippen LogP contribution is -2.34. The smallest absolute Gasteiger partial charge is 0.293 e. The Morgan fingerprint density at radius 3 is 2.32 bits per heavy atom. The summed E-state index contributed by atoms with van der Waals surface area (Å²) in [5.74, 6) is 0.590. The van der Waals surface area contributed by atoms with E-state index in [0.717, 1.165) is 29.5 Å². The Hall–Kier alpha value is -1.75. The van der Waals surface area contributed by atoms with Gasteiger partial charge in [-0.2, -0.15) is 0 Å². The fourth-order valence-electron chi connectivity index (χ4n) is 2.03. The topological polar surface area (TPSA) is 46.6 Å². The Morgan fingerprint density at radius 1 is 1.18 bits per heavy atom. The minimum atomic E-state index is -0.218. The van der Waals surface area contributed by atoms with Crippen LogP contribution in [0.2, 0.25) is 0 Å². The maximum Gasteiger partial charge on any atom is 0.293 e. The molecule has 0 saturated carbocycles. The molecule has 1 aliphatic rings. The van der Waals surface area contributed by atoms with E-state index in [0.29, 0.717) is 4.91 Å². The molecule has 2 amide bonds. The standard InChI is InChI=1S/C17H21NO3S/c1-5-12(4)21-14-8-6-13(7-9-14)10-15-16(19)18(11(2)3)17(20)22-15/h6-12H,5H2,1-4H3/b15-10+/t12-/m0/s1. The molecule has 5 heteroatoms. The highest BCUT2D eigenvalue weighted by Gasteiger charge is 2.36. The van der Waals surface area contributed by atoms with Crippen LogP contribution in [0.15, 0.2) is 29.2 Å². The molecule has 1 aromatic rings. The van der Waals surface area contributed by atoms with Crippen molar-refractivity contribution in [1.29, 1.82) is 0 Å². The molecule has 4 nitrogen and oxygen atoms in total. The first-order valence-electron chi connectivity index (χ1n) is 7.46. The molecule has 1 fully saturated rings. The van der Waals surface area contributed by atoms with E-state index in [-0.39, 0.29) is 23.3 Å². The van der Waals surface area contributed by atoms with Crippen molar-refractivity contribution < 1.29 is 14.3 Å². The Balaban J connectivity index is 2.13. The van der Waals surface area contributed by atoms with Gasteiger partial charge in [-0.15, -0.1) is 0 Å². The summed E-state index contributed by atoms with van der Waals surface area (Å²) in [5.41, 5.74) is 0.880. The average molecular weight is 319 g/mol. The number of thioether (sulfide) groups is 1. The first-order valence-corrected chi connectivity index (χ1v) is 8.27. The van der Waals surface area contributed by atoms with Crippen LogP contribution in [-0.2, 0) is 4.79 Å². The molecule has 0 unspecified atom stereocenters. The van der Waals surface area contributed by atoms with Gasteiger partial charge in [-0.1, -0.05) is 19.1 Å². The monoisotopic (exact) mass is 319 g/mol. The summed E-state index contributed by atoms with van der Waals surface area (Å²) in [6.07, 6.45) is 2.87. The Kier molecular flexibility index (Phi) is 5.29. The summed E-state index contributed by atoms with van der Waals surface area (Å²) < 4.78 is 5.72. The first-order chi connectivity index (χ1) is 10.4. The predicted molar refractivity (Wildman–Crippen MR) is 89.8 cm³/mol. The van der Waals surface area contributed by atoms with E-state index in [1.807, 2.05) is 45.0 Å². The van der Waals surface area contributed by atoms with E-state index in [1.165, 1.54) is 4.90 Å². The van der Waals surface area contributed by atoms with Crippen LogP contribution in [0.3, 0.4) is 0 Å². The van der Waals surface area contributed by atoms with Gasteiger partial charge in [-0.25, -0.2) is 0 Å². The van der Waals surface area contributed by atoms with Gasteiger partial charge in [0, 0.05) is 6.04 Å². The van der Waals surface area contributed by atoms with Crippen LogP contribution in [-0.4, -0.2) is 28.2 Å². The van der Waals surface area contributed by atoms with E-state index >= 15 is 0 Å². The molecule has 0 radical (unpaired) electrons. The van der Waals surface area contributed by atoms with E-state index in [2.05, 4.69) is 6.92 Å². The fraction of sp³-hybridized carbons (Fsp3) is 0.412. The Labute approximate surface area is 135 Å². The number of rotatable bonds is 5. The summed E-state index contributed by atoms with van der Waals surface area (Å²) >= 11 is 0.991. The summed E-state index contributed by atoms with van der Waals surface area (Å²) in [6.45, 7) is 7.76. The molecule has 1 aromatic carbocycles. The van der Waals surface area contributed by atoms with E-state index in [9.17, 15) is 9.59 Å². The van der Waals surface area contributed by atoms with Crippen molar-refractivity contribution in [2.45, 2.75) is 46.3 Å². The molecule has 0 aliphatic carbocycles. The first kappa shape index (κ1) is 16.6. The molecular formula is C17H21NO3S. The van der Waals surface area contributed by atoms with Gasteiger partial charge in [0.1, 0.15) is 5.75 Å². The van der Waals surface area contributed by atoms with Crippen LogP contribution >= 0.6 is 11.8 Å². The van der Waals surface area contributed by atoms with E-state index in [4.69, 9.17) is 4.74 Å². The number of imide groups is 1. The van der Waals surface area contributed by atoms with Gasteiger partial charge in [0.05, 0.1) is 11.0 Å². The summed E-state index contributed by atoms with van der Waals surface area (Å²) in [6, 6.07) is 7.42. The zero-order valence-electron chi connectivity index (χ0n) is 13.3. The van der Waals surface area contributed by atoms with Gasteiger partial charge in [0.2, 0.25) is 0 Å². The van der Waals surface area contributed by atoms with Crippen LogP contribution in [0, 0.1) is 0 Å². The molecular weight excluding hydrogens is 298 g/mol. The lowest BCUT2D eigenvalue weighted by atomic mass is 10.2. The molecule has 0 spiro atoms. The van der Waals surface area contributed by atoms with Crippen LogP contribution in [0.25, 0.3) is 6.08 Å². The number of hydrogen-bond donors (Lipinski definition) is 0. The quantitative estimate of drug-likeness (QED) is 0.759. The third kappa shape index (κ3) is 3.71. The number of hydrogen-bond acceptors (Lipinski definition) is 4. The number of amides is 2. The zero-order chi connectivity index (χ0) is 16.3. The molecule has 2 rings (SSSR count). The molecule has 118 valence electrons. The highest BCUT2D eigenvalue weighted by molar-refractivity contribution is 8.18. The predicted octanol–water partition coefficient (Wildman–Crippen LogP) is 4.31. The average Bonchev–Trinajstić information content (AvgIpc) is 2.75. The van der Waals surface area contributed by atoms with Crippen molar-refractivity contribution in [3.63, 3.8) is 0 Å². The minimum absolute atomic E-state index is 0.121. The molecule has 1 atom stereocenters. The van der Waals surface area contributed by atoms with E-state index < -0.39 is 0 Å². The van der Waals surface area contributed by atoms with Crippen molar-refractivity contribution in [2.75, 3.05) is 0 Å². The van der Waals surface area contributed by atoms with Gasteiger partial charge < -0.3 is 4.74 Å². The summed E-state index contributed by atoms with van der Waals surface area (Å²) in [5, 5.41) is -0.206. The molecule has 22 heavy (non-hydrogen) atoms. The normalized spacial score (nSPS) is 18.4. The van der Waals surface area contributed by atoms with Gasteiger partial charge in [-0.3, -0.25) is 14.5 Å². The highest BCUT2D eigenvalue weighted by atomic mass is 32.2. The van der Waals surface area contributed by atoms with Crippen molar-refractivity contribution in [3.05, 3.63) is 34.7 Å². The lowest BCUT2D eigenvalue weighted by Gasteiger charge is -2.16. The maximum absolute atomic E-state index is 12.2. The molecule has 1 aliphatic heterocycles. The lowest BCUT2D eigenvalue weighted by molar-refractivity contribution is -0.123. The van der Waals surface area contributed by atoms with E-state index in [1.54, 1.807) is 6.08 Å². The second-order valence-corrected chi connectivity index (χ2v) is 6.54. The van der Waals surface area contributed by atoms with Gasteiger partial charge in [-0.05, 0) is 62.7 Å². The summed E-state index contributed by atoms with van der Waals surface area (Å²) in [7, 11) is 0. The largest absolute Gasteiger partial charge is 0.491 e. The van der Waals surface area contributed by atoms with Gasteiger partial charge >= 0.3 is 0 Å². The van der Waals surface area contributed by atoms with Crippen LogP contribution in [0.1, 0.15) is 39.7 Å². The van der Waals surface area contributed by atoms with Crippen LogP contribution in [0.4, 0.5) is 4.79 Å². The van der Waals surface area contributed by atoms with Crippen molar-refractivity contribution >= 4 is 29.0 Å². The van der Waals surface area contributed by atoms with Gasteiger partial charge in [0.25, 0.3) is 11.1 Å². The number of carbonyl (C=O) groups excluding carboxylic acids is 2. The Morgan fingerprint density at radius 2 is 1.82 bits per heavy atom. The van der Waals surface area contributed by atoms with Gasteiger partial charge in [0.15, 0.2) is 0 Å². The second kappa shape index (κ2) is 7.01. The minimum Gasteiger partial charge on any atom is -0.491 e. The maximum atomic E-state index is 12.2. The molecule has 0 bridgehead atoms. The number of benzene rings is 1. The van der Waals surface area contributed by atoms with Crippen molar-refractivity contribution in [1.82, 2.24) is 4.90 Å². The zero-order valence-corrected chi connectivity index (χ0v) is 14.1. The third-order valence-corrected chi connectivity index (χ3v) is 4.31. The number of nitrogens with zero attached hydrogens (tertiary/aromatic N) is 1. The third-order valence-electron chi connectivity index (χ3n) is 3.43. The molecule has 1 heterocycles.